The van der Waals surface area contributed by atoms with Gasteiger partial charge < -0.3 is 4.74 Å². The van der Waals surface area contributed by atoms with Gasteiger partial charge in [-0.05, 0) is 30.9 Å². The Bertz CT molecular complexity index is 156. The summed E-state index contributed by atoms with van der Waals surface area (Å²) in [5, 5.41) is 0. The molecule has 0 aliphatic carbocycles. The highest BCUT2D eigenvalue weighted by molar-refractivity contribution is 5.19. The van der Waals surface area contributed by atoms with Crippen molar-refractivity contribution in [3.8, 4) is 0 Å². The molecule has 0 fully saturated rings. The Kier molecular flexibility index (Phi) is 2.55. The molecule has 56 valence electrons. The molecule has 1 aliphatic heterocycles. The minimum Gasteiger partial charge on any atom is -0.494 e. The third-order valence-corrected chi connectivity index (χ3v) is 1.84. The molecule has 0 aromatic carbocycles. The molecule has 0 saturated carbocycles. The summed E-state index contributed by atoms with van der Waals surface area (Å²) in [7, 11) is 0. The van der Waals surface area contributed by atoms with E-state index in [0.717, 1.165) is 18.8 Å². The van der Waals surface area contributed by atoms with Crippen LogP contribution in [0.3, 0.4) is 0 Å². The van der Waals surface area contributed by atoms with Gasteiger partial charge in [0.15, 0.2) is 0 Å². The number of hydrogen-bond acceptors (Lipinski definition) is 1. The average Bonchev–Trinajstić information content (AvgIpc) is 2.04. The molecule has 1 heteroatoms. The normalized spacial score (nSPS) is 18.5. The van der Waals surface area contributed by atoms with E-state index in [4.69, 9.17) is 4.74 Å². The van der Waals surface area contributed by atoms with Gasteiger partial charge in [-0.2, -0.15) is 0 Å². The third kappa shape index (κ3) is 1.41. The van der Waals surface area contributed by atoms with Crippen LogP contribution in [0.1, 0.15) is 26.2 Å². The van der Waals surface area contributed by atoms with Gasteiger partial charge in [-0.3, -0.25) is 0 Å². The first-order valence-corrected chi connectivity index (χ1v) is 3.85. The quantitative estimate of drug-likeness (QED) is 0.570. The highest BCUT2D eigenvalue weighted by Crippen LogP contribution is 2.21. The van der Waals surface area contributed by atoms with Crippen LogP contribution in [0.5, 0.6) is 0 Å². The zero-order valence-electron chi connectivity index (χ0n) is 6.52. The van der Waals surface area contributed by atoms with Crippen molar-refractivity contribution in [2.75, 3.05) is 6.61 Å². The second-order valence-electron chi connectivity index (χ2n) is 2.48. The van der Waals surface area contributed by atoms with E-state index in [1.807, 2.05) is 6.08 Å². The lowest BCUT2D eigenvalue weighted by atomic mass is 10.0. The largest absolute Gasteiger partial charge is 0.494 e. The Hall–Kier alpha value is -0.720. The molecule has 1 heterocycles. The van der Waals surface area contributed by atoms with Gasteiger partial charge in [-0.15, -0.1) is 0 Å². The summed E-state index contributed by atoms with van der Waals surface area (Å²) in [5.41, 5.74) is 1.42. The summed E-state index contributed by atoms with van der Waals surface area (Å²) in [5.74, 6) is 1.02. The van der Waals surface area contributed by atoms with E-state index in [9.17, 15) is 0 Å². The van der Waals surface area contributed by atoms with Crippen LogP contribution < -0.4 is 0 Å². The number of hydrogen-bond donors (Lipinski definition) is 0. The van der Waals surface area contributed by atoms with Crippen molar-refractivity contribution >= 4 is 0 Å². The van der Waals surface area contributed by atoms with Gasteiger partial charge in [-0.1, -0.05) is 13.5 Å². The van der Waals surface area contributed by atoms with Crippen LogP contribution in [0, 0.1) is 0 Å². The Morgan fingerprint density at radius 2 is 2.50 bits per heavy atom. The van der Waals surface area contributed by atoms with Crippen LogP contribution in [-0.2, 0) is 4.74 Å². The molecule has 0 aromatic heterocycles. The van der Waals surface area contributed by atoms with Crippen LogP contribution in [0.15, 0.2) is 24.0 Å². The molecule has 0 bridgehead atoms. The summed E-state index contributed by atoms with van der Waals surface area (Å²) in [6.45, 7) is 6.73. The number of rotatable bonds is 2. The molecule has 0 saturated heterocycles. The molecular formula is C9H14O. The summed E-state index contributed by atoms with van der Waals surface area (Å²) in [6.07, 6.45) is 5.28. The van der Waals surface area contributed by atoms with Gasteiger partial charge in [0.25, 0.3) is 0 Å². The SMILES string of the molecule is C=CC1=C(CC)CCCO1. The Balaban J connectivity index is 2.72. The minimum atomic E-state index is 0.866. The standard InChI is InChI=1S/C9H14O/c1-3-8-6-5-7-10-9(8)4-2/h4H,2-3,5-7H2,1H3. The molecule has 1 nitrogen and oxygen atoms in total. The fourth-order valence-corrected chi connectivity index (χ4v) is 1.25. The van der Waals surface area contributed by atoms with E-state index in [1.165, 1.54) is 18.4 Å². The lowest BCUT2D eigenvalue weighted by Gasteiger charge is -2.17. The summed E-state index contributed by atoms with van der Waals surface area (Å²) in [4.78, 5) is 0. The second-order valence-corrected chi connectivity index (χ2v) is 2.48. The first-order valence-electron chi connectivity index (χ1n) is 3.85. The van der Waals surface area contributed by atoms with E-state index in [1.54, 1.807) is 0 Å². The predicted molar refractivity (Wildman–Crippen MR) is 42.7 cm³/mol. The van der Waals surface area contributed by atoms with Crippen molar-refractivity contribution in [1.29, 1.82) is 0 Å². The predicted octanol–water partition coefficient (Wildman–Crippen LogP) is 2.65. The molecule has 0 amide bonds. The van der Waals surface area contributed by atoms with Crippen LogP contribution in [0.25, 0.3) is 0 Å². The van der Waals surface area contributed by atoms with E-state index in [-0.39, 0.29) is 0 Å². The van der Waals surface area contributed by atoms with E-state index in [0.29, 0.717) is 0 Å². The topological polar surface area (TPSA) is 9.23 Å². The molecule has 0 aromatic rings. The molecule has 0 radical (unpaired) electrons. The van der Waals surface area contributed by atoms with Crippen LogP contribution >= 0.6 is 0 Å². The summed E-state index contributed by atoms with van der Waals surface area (Å²) in [6, 6.07) is 0. The zero-order chi connectivity index (χ0) is 7.40. The van der Waals surface area contributed by atoms with Crippen molar-refractivity contribution < 1.29 is 4.74 Å². The lowest BCUT2D eigenvalue weighted by molar-refractivity contribution is 0.198. The first-order chi connectivity index (χ1) is 4.88. The molecule has 0 spiro atoms. The smallest absolute Gasteiger partial charge is 0.117 e. The van der Waals surface area contributed by atoms with Gasteiger partial charge in [-0.25, -0.2) is 0 Å². The lowest BCUT2D eigenvalue weighted by Crippen LogP contribution is -2.04. The first kappa shape index (κ1) is 7.39. The number of allylic oxidation sites excluding steroid dienone is 2. The van der Waals surface area contributed by atoms with Gasteiger partial charge in [0.2, 0.25) is 0 Å². The zero-order valence-corrected chi connectivity index (χ0v) is 6.52. The minimum absolute atomic E-state index is 0.866. The van der Waals surface area contributed by atoms with Gasteiger partial charge in [0, 0.05) is 0 Å². The molecule has 1 aliphatic rings. The molecular weight excluding hydrogens is 124 g/mol. The molecule has 10 heavy (non-hydrogen) atoms. The fraction of sp³-hybridized carbons (Fsp3) is 0.556. The average molecular weight is 138 g/mol. The van der Waals surface area contributed by atoms with Crippen molar-refractivity contribution in [1.82, 2.24) is 0 Å². The highest BCUT2D eigenvalue weighted by Gasteiger charge is 2.08. The Morgan fingerprint density at radius 3 is 3.00 bits per heavy atom. The Morgan fingerprint density at radius 1 is 1.70 bits per heavy atom. The van der Waals surface area contributed by atoms with Crippen molar-refractivity contribution in [2.45, 2.75) is 26.2 Å². The maximum Gasteiger partial charge on any atom is 0.117 e. The van der Waals surface area contributed by atoms with Gasteiger partial charge >= 0.3 is 0 Å². The maximum absolute atomic E-state index is 5.39. The fourth-order valence-electron chi connectivity index (χ4n) is 1.25. The maximum atomic E-state index is 5.39. The Labute approximate surface area is 62.4 Å². The van der Waals surface area contributed by atoms with E-state index < -0.39 is 0 Å². The molecule has 0 atom stereocenters. The molecule has 0 unspecified atom stereocenters. The van der Waals surface area contributed by atoms with Crippen molar-refractivity contribution in [2.24, 2.45) is 0 Å². The van der Waals surface area contributed by atoms with Crippen molar-refractivity contribution in [3.63, 3.8) is 0 Å². The van der Waals surface area contributed by atoms with Crippen LogP contribution in [0.4, 0.5) is 0 Å². The number of ether oxygens (including phenoxy) is 1. The molecule has 0 N–H and O–H groups in total. The second kappa shape index (κ2) is 3.45. The monoisotopic (exact) mass is 138 g/mol. The van der Waals surface area contributed by atoms with Crippen molar-refractivity contribution in [3.05, 3.63) is 24.0 Å². The highest BCUT2D eigenvalue weighted by atomic mass is 16.5. The molecule has 1 rings (SSSR count). The third-order valence-electron chi connectivity index (χ3n) is 1.84. The van der Waals surface area contributed by atoms with Crippen LogP contribution in [0.2, 0.25) is 0 Å². The van der Waals surface area contributed by atoms with Gasteiger partial charge in [0.1, 0.15) is 5.76 Å². The van der Waals surface area contributed by atoms with Gasteiger partial charge in [0.05, 0.1) is 6.61 Å². The van der Waals surface area contributed by atoms with E-state index in [2.05, 4.69) is 13.5 Å². The summed E-state index contributed by atoms with van der Waals surface area (Å²) >= 11 is 0. The van der Waals surface area contributed by atoms with Crippen LogP contribution in [-0.4, -0.2) is 6.61 Å². The summed E-state index contributed by atoms with van der Waals surface area (Å²) < 4.78 is 5.39. The van der Waals surface area contributed by atoms with E-state index >= 15 is 0 Å².